The van der Waals surface area contributed by atoms with Crippen LogP contribution in [0.5, 0.6) is 0 Å². The van der Waals surface area contributed by atoms with Gasteiger partial charge in [-0.3, -0.25) is 19.2 Å². The predicted molar refractivity (Wildman–Crippen MR) is 141 cm³/mol. The number of Topliss-reactive ketones (excluding diaryl/α,β-unsaturated/α-hetero) is 2. The Morgan fingerprint density at radius 3 is 2.63 bits per heavy atom. The van der Waals surface area contributed by atoms with Gasteiger partial charge in [0.05, 0.1) is 12.6 Å². The van der Waals surface area contributed by atoms with Gasteiger partial charge in [-0.05, 0) is 49.4 Å². The smallest absolute Gasteiger partial charge is 0.407 e. The quantitative estimate of drug-likeness (QED) is 0.408. The first kappa shape index (κ1) is 29.8. The molecule has 1 saturated carbocycles. The van der Waals surface area contributed by atoms with Crippen LogP contribution in [-0.4, -0.2) is 66.3 Å². The Morgan fingerprint density at radius 1 is 1.21 bits per heavy atom. The molecule has 1 N–H and O–H groups in total. The number of ether oxygens (including phenoxy) is 2. The summed E-state index contributed by atoms with van der Waals surface area (Å²) in [7, 11) is 0. The summed E-state index contributed by atoms with van der Waals surface area (Å²) in [6, 6.07) is -0.538. The van der Waals surface area contributed by atoms with Gasteiger partial charge in [-0.1, -0.05) is 33.3 Å². The number of cyclic esters (lactones) is 1. The highest BCUT2D eigenvalue weighted by Crippen LogP contribution is 2.65. The van der Waals surface area contributed by atoms with Crippen molar-refractivity contribution in [2.24, 2.45) is 29.1 Å². The maximum absolute atomic E-state index is 14.0. The van der Waals surface area contributed by atoms with Crippen molar-refractivity contribution >= 4 is 29.5 Å². The number of allylic oxidation sites excluding steroid dienone is 1. The average Bonchev–Trinajstić information content (AvgIpc) is 3.18. The Bertz CT molecular complexity index is 930. The van der Waals surface area contributed by atoms with Gasteiger partial charge < -0.3 is 19.7 Å². The maximum Gasteiger partial charge on any atom is 0.407 e. The summed E-state index contributed by atoms with van der Waals surface area (Å²) in [5.41, 5.74) is -0.0243. The lowest BCUT2D eigenvalue weighted by Crippen LogP contribution is -2.48. The van der Waals surface area contributed by atoms with Crippen molar-refractivity contribution in [2.75, 3.05) is 19.7 Å². The minimum absolute atomic E-state index is 0.0243. The molecule has 3 fully saturated rings. The van der Waals surface area contributed by atoms with E-state index in [9.17, 15) is 24.0 Å². The number of piperidine rings is 1. The number of hydrogen-bond acceptors (Lipinski definition) is 7. The van der Waals surface area contributed by atoms with Crippen LogP contribution in [0.25, 0.3) is 0 Å². The molecule has 9 nitrogen and oxygen atoms in total. The Balaban J connectivity index is 1.89. The number of esters is 1. The molecule has 9 heteroatoms. The van der Waals surface area contributed by atoms with E-state index in [1.165, 1.54) is 6.92 Å². The normalized spacial score (nSPS) is 31.1. The van der Waals surface area contributed by atoms with Crippen LogP contribution < -0.4 is 5.32 Å². The Hall–Kier alpha value is -2.71. The molecule has 3 aliphatic rings. The van der Waals surface area contributed by atoms with Gasteiger partial charge in [0.2, 0.25) is 5.91 Å². The summed E-state index contributed by atoms with van der Waals surface area (Å²) < 4.78 is 10.8. The van der Waals surface area contributed by atoms with Gasteiger partial charge in [-0.2, -0.15) is 0 Å². The van der Waals surface area contributed by atoms with Crippen LogP contribution in [0.1, 0.15) is 79.1 Å². The second-order valence-corrected chi connectivity index (χ2v) is 11.7. The van der Waals surface area contributed by atoms with Gasteiger partial charge in [-0.25, -0.2) is 4.79 Å². The third-order valence-corrected chi connectivity index (χ3v) is 8.63. The number of amides is 2. The predicted octanol–water partition coefficient (Wildman–Crippen LogP) is 3.84. The second kappa shape index (κ2) is 12.9. The zero-order valence-corrected chi connectivity index (χ0v) is 23.3. The molecule has 2 amide bonds. The van der Waals surface area contributed by atoms with E-state index >= 15 is 0 Å². The number of hydrogen-bond donors (Lipinski definition) is 1. The van der Waals surface area contributed by atoms with E-state index in [0.717, 1.165) is 0 Å². The van der Waals surface area contributed by atoms with Gasteiger partial charge in [0.15, 0.2) is 17.7 Å². The Morgan fingerprint density at radius 2 is 1.95 bits per heavy atom. The third-order valence-electron chi connectivity index (χ3n) is 8.63. The molecule has 0 bridgehead atoms. The van der Waals surface area contributed by atoms with Crippen LogP contribution >= 0.6 is 0 Å². The minimum atomic E-state index is -1.04. The maximum atomic E-state index is 14.0. The SMILES string of the molecule is C=CCCC(=O)C(OC(C)=O)[C@@H]1CCCCNC(=O)OCCC[C@H](C)C(=O)N2C[C@H]3[C@@H]([C@H]2C(=O)C1)C3(C)C. The molecule has 2 heterocycles. The fourth-order valence-electron chi connectivity index (χ4n) is 6.35. The van der Waals surface area contributed by atoms with E-state index in [0.29, 0.717) is 51.6 Å². The van der Waals surface area contributed by atoms with Gasteiger partial charge in [0.25, 0.3) is 0 Å². The first-order valence-corrected chi connectivity index (χ1v) is 14.0. The standard InChI is InChI=1S/C29H44N2O7/c1-6-7-13-22(33)26(38-19(3)32)20-12-8-9-14-30-28(36)37-15-10-11-18(2)27(35)31-17-21-24(29(21,4)5)25(31)23(34)16-20/h6,18,20-21,24-26H,1,7-17H2,2-5H3,(H,30,36)/t18-,20+,21-,24-,25+,26?/m0/s1. The molecule has 0 aromatic rings. The monoisotopic (exact) mass is 532 g/mol. The lowest BCUT2D eigenvalue weighted by molar-refractivity contribution is -0.157. The molecule has 212 valence electrons. The number of rotatable bonds is 6. The lowest BCUT2D eigenvalue weighted by Gasteiger charge is -2.33. The average molecular weight is 533 g/mol. The van der Waals surface area contributed by atoms with E-state index in [1.807, 2.05) is 6.92 Å². The number of alkyl carbamates (subject to hydrolysis) is 1. The van der Waals surface area contributed by atoms with Crippen molar-refractivity contribution in [3.63, 3.8) is 0 Å². The van der Waals surface area contributed by atoms with Crippen LogP contribution in [0, 0.1) is 29.1 Å². The molecule has 6 atom stereocenters. The molecule has 2 aliphatic heterocycles. The minimum Gasteiger partial charge on any atom is -0.454 e. The summed E-state index contributed by atoms with van der Waals surface area (Å²) in [5.74, 6) is -1.40. The van der Waals surface area contributed by atoms with Crippen LogP contribution in [0.4, 0.5) is 4.79 Å². The van der Waals surface area contributed by atoms with E-state index in [-0.39, 0.29) is 60.1 Å². The highest BCUT2D eigenvalue weighted by atomic mass is 16.6. The molecular formula is C29H44N2O7. The van der Waals surface area contributed by atoms with E-state index < -0.39 is 30.1 Å². The number of nitrogens with zero attached hydrogens (tertiary/aromatic N) is 1. The summed E-state index contributed by atoms with van der Waals surface area (Å²) in [4.78, 5) is 66.2. The molecule has 2 saturated heterocycles. The largest absolute Gasteiger partial charge is 0.454 e. The van der Waals surface area contributed by atoms with Gasteiger partial charge in [0, 0.05) is 44.7 Å². The number of ketones is 2. The molecule has 0 spiro atoms. The zero-order valence-electron chi connectivity index (χ0n) is 23.3. The van der Waals surface area contributed by atoms with Crippen molar-refractivity contribution in [1.29, 1.82) is 0 Å². The molecule has 1 aliphatic carbocycles. The molecule has 3 rings (SSSR count). The lowest BCUT2D eigenvalue weighted by atomic mass is 9.84. The first-order chi connectivity index (χ1) is 18.0. The number of fused-ring (bicyclic) bond motifs is 3. The molecular weight excluding hydrogens is 488 g/mol. The Kier molecular flexibility index (Phi) is 10.1. The number of carbonyl (C=O) groups excluding carboxylic acids is 5. The number of nitrogens with one attached hydrogen (secondary N) is 1. The van der Waals surface area contributed by atoms with Crippen molar-refractivity contribution in [2.45, 2.75) is 91.2 Å². The fraction of sp³-hybridized carbons (Fsp3) is 0.759. The zero-order chi connectivity index (χ0) is 28.0. The Labute approximate surface area is 226 Å². The molecule has 1 unspecified atom stereocenters. The first-order valence-electron chi connectivity index (χ1n) is 14.0. The van der Waals surface area contributed by atoms with Crippen molar-refractivity contribution < 1.29 is 33.4 Å². The summed E-state index contributed by atoms with van der Waals surface area (Å²) in [6.45, 7) is 12.2. The van der Waals surface area contributed by atoms with Gasteiger partial charge >= 0.3 is 12.1 Å². The van der Waals surface area contributed by atoms with Gasteiger partial charge in [-0.15, -0.1) is 6.58 Å². The van der Waals surface area contributed by atoms with Gasteiger partial charge in [0.1, 0.15) is 0 Å². The third kappa shape index (κ3) is 7.03. The fourth-order valence-corrected chi connectivity index (χ4v) is 6.35. The molecule has 38 heavy (non-hydrogen) atoms. The molecule has 0 aromatic heterocycles. The highest BCUT2D eigenvalue weighted by molar-refractivity contribution is 5.93. The van der Waals surface area contributed by atoms with Crippen molar-refractivity contribution in [1.82, 2.24) is 10.2 Å². The van der Waals surface area contributed by atoms with Crippen LogP contribution in [-0.2, 0) is 28.7 Å². The van der Waals surface area contributed by atoms with E-state index in [2.05, 4.69) is 25.7 Å². The number of carbonyl (C=O) groups is 5. The summed E-state index contributed by atoms with van der Waals surface area (Å²) >= 11 is 0. The molecule has 0 aromatic carbocycles. The van der Waals surface area contributed by atoms with E-state index in [4.69, 9.17) is 9.47 Å². The van der Waals surface area contributed by atoms with Crippen molar-refractivity contribution in [3.8, 4) is 0 Å². The summed E-state index contributed by atoms with van der Waals surface area (Å²) in [6.07, 6.45) is 3.59. The molecule has 0 radical (unpaired) electrons. The van der Waals surface area contributed by atoms with Crippen molar-refractivity contribution in [3.05, 3.63) is 12.7 Å². The van der Waals surface area contributed by atoms with Crippen LogP contribution in [0.15, 0.2) is 12.7 Å². The second-order valence-electron chi connectivity index (χ2n) is 11.7. The van der Waals surface area contributed by atoms with Crippen LogP contribution in [0.2, 0.25) is 0 Å². The highest BCUT2D eigenvalue weighted by Gasteiger charge is 2.69. The van der Waals surface area contributed by atoms with Crippen LogP contribution in [0.3, 0.4) is 0 Å². The van der Waals surface area contributed by atoms with E-state index in [1.54, 1.807) is 11.0 Å². The summed E-state index contributed by atoms with van der Waals surface area (Å²) in [5, 5.41) is 2.72. The topological polar surface area (TPSA) is 119 Å².